The number of rotatable bonds is 4. The van der Waals surface area contributed by atoms with Crippen LogP contribution in [-0.4, -0.2) is 26.2 Å². The van der Waals surface area contributed by atoms with Crippen LogP contribution in [0.4, 0.5) is 0 Å². The van der Waals surface area contributed by atoms with Gasteiger partial charge >= 0.3 is 11.9 Å². The molecule has 0 saturated carbocycles. The molecule has 1 aliphatic heterocycles. The number of fused-ring (bicyclic) bond motifs is 3. The molecule has 7 nitrogen and oxygen atoms in total. The van der Waals surface area contributed by atoms with E-state index in [1.165, 1.54) is 20.3 Å². The first kappa shape index (κ1) is 21.5. The Morgan fingerprint density at radius 1 is 0.971 bits per heavy atom. The van der Waals surface area contributed by atoms with Crippen LogP contribution >= 0.6 is 0 Å². The smallest absolute Gasteiger partial charge is 0.337 e. The molecule has 1 aromatic heterocycles. The van der Waals surface area contributed by atoms with Crippen molar-refractivity contribution in [3.63, 3.8) is 0 Å². The van der Waals surface area contributed by atoms with Crippen molar-refractivity contribution in [1.82, 2.24) is 0 Å². The molecule has 1 atom stereocenters. The first-order chi connectivity index (χ1) is 16.5. The van der Waals surface area contributed by atoms with Crippen molar-refractivity contribution in [2.75, 3.05) is 14.2 Å². The van der Waals surface area contributed by atoms with Gasteiger partial charge in [0.05, 0.1) is 26.2 Å². The summed E-state index contributed by atoms with van der Waals surface area (Å²) in [5.41, 5.74) is 2.51. The van der Waals surface area contributed by atoms with Crippen LogP contribution in [0.25, 0.3) is 22.3 Å². The maximum absolute atomic E-state index is 13.2. The molecule has 0 bridgehead atoms. The molecule has 7 heteroatoms. The molecule has 34 heavy (non-hydrogen) atoms. The largest absolute Gasteiger partial charge is 0.496 e. The van der Waals surface area contributed by atoms with Crippen LogP contribution in [0.3, 0.4) is 0 Å². The fourth-order valence-corrected chi connectivity index (χ4v) is 4.30. The fraction of sp³-hybridized carbons (Fsp3) is 0.148. The van der Waals surface area contributed by atoms with Crippen molar-refractivity contribution in [2.24, 2.45) is 0 Å². The molecule has 2 heterocycles. The van der Waals surface area contributed by atoms with E-state index in [0.717, 1.165) is 11.1 Å². The van der Waals surface area contributed by atoms with Crippen LogP contribution in [0, 0.1) is 0 Å². The Kier molecular flexibility index (Phi) is 5.37. The Morgan fingerprint density at radius 2 is 1.71 bits per heavy atom. The SMILES string of the molecule is COC(=O)c1ccc(C2CC(=O)Oc3cc(OC)c4c(=O)cc(-c5ccccc5)oc4c32)cc1. The minimum atomic E-state index is -0.455. The van der Waals surface area contributed by atoms with Gasteiger partial charge in [-0.1, -0.05) is 42.5 Å². The van der Waals surface area contributed by atoms with E-state index in [1.54, 1.807) is 30.3 Å². The van der Waals surface area contributed by atoms with Crippen molar-refractivity contribution >= 4 is 22.9 Å². The average molecular weight is 456 g/mol. The predicted octanol–water partition coefficient (Wildman–Crippen LogP) is 4.70. The third-order valence-corrected chi connectivity index (χ3v) is 5.92. The highest BCUT2D eigenvalue weighted by Gasteiger charge is 2.34. The van der Waals surface area contributed by atoms with Gasteiger partial charge < -0.3 is 18.6 Å². The summed E-state index contributed by atoms with van der Waals surface area (Å²) in [7, 11) is 2.76. The van der Waals surface area contributed by atoms with E-state index >= 15 is 0 Å². The summed E-state index contributed by atoms with van der Waals surface area (Å²) in [5.74, 6) is -0.399. The van der Waals surface area contributed by atoms with Gasteiger partial charge in [0, 0.05) is 29.2 Å². The summed E-state index contributed by atoms with van der Waals surface area (Å²) in [5, 5.41) is 0.273. The van der Waals surface area contributed by atoms with Crippen molar-refractivity contribution < 1.29 is 28.2 Å². The van der Waals surface area contributed by atoms with Crippen LogP contribution in [-0.2, 0) is 9.53 Å². The molecule has 0 radical (unpaired) electrons. The molecule has 170 valence electrons. The predicted molar refractivity (Wildman–Crippen MR) is 124 cm³/mol. The summed E-state index contributed by atoms with van der Waals surface area (Å²) >= 11 is 0. The van der Waals surface area contributed by atoms with E-state index in [-0.39, 0.29) is 28.7 Å². The number of hydrogen-bond acceptors (Lipinski definition) is 7. The van der Waals surface area contributed by atoms with E-state index < -0.39 is 17.9 Å². The van der Waals surface area contributed by atoms with E-state index in [1.807, 2.05) is 30.3 Å². The van der Waals surface area contributed by atoms with E-state index in [2.05, 4.69) is 0 Å². The monoisotopic (exact) mass is 456 g/mol. The van der Waals surface area contributed by atoms with E-state index in [4.69, 9.17) is 18.6 Å². The van der Waals surface area contributed by atoms with Crippen molar-refractivity contribution in [2.45, 2.75) is 12.3 Å². The summed E-state index contributed by atoms with van der Waals surface area (Å²) < 4.78 is 22.1. The highest BCUT2D eigenvalue weighted by atomic mass is 16.5. The lowest BCUT2D eigenvalue weighted by Gasteiger charge is -2.26. The Labute approximate surface area is 194 Å². The van der Waals surface area contributed by atoms with Gasteiger partial charge in [0.1, 0.15) is 28.2 Å². The van der Waals surface area contributed by atoms with Gasteiger partial charge in [0.25, 0.3) is 0 Å². The standard InChI is InChI=1S/C27H20O7/c1-31-21-14-22-24(26-25(21)19(28)13-20(34-26)16-6-4-3-5-7-16)18(12-23(29)33-22)15-8-10-17(11-9-15)27(30)32-2/h3-11,13-14,18H,12H2,1-2H3. The summed E-state index contributed by atoms with van der Waals surface area (Å²) in [6.07, 6.45) is 0.0469. The molecule has 4 aromatic rings. The molecule has 1 unspecified atom stereocenters. The molecule has 0 saturated heterocycles. The number of hydrogen-bond donors (Lipinski definition) is 0. The molecule has 0 amide bonds. The lowest BCUT2D eigenvalue weighted by molar-refractivity contribution is -0.135. The van der Waals surface area contributed by atoms with Gasteiger partial charge in [0.2, 0.25) is 0 Å². The molecule has 0 fully saturated rings. The maximum atomic E-state index is 13.2. The molecule has 3 aromatic carbocycles. The zero-order chi connectivity index (χ0) is 23.8. The van der Waals surface area contributed by atoms with Gasteiger partial charge in [-0.05, 0) is 17.7 Å². The van der Waals surface area contributed by atoms with Gasteiger partial charge in [-0.15, -0.1) is 0 Å². The molecule has 0 aliphatic carbocycles. The second-order valence-electron chi connectivity index (χ2n) is 7.88. The topological polar surface area (TPSA) is 92.0 Å². The number of esters is 2. The van der Waals surface area contributed by atoms with Crippen LogP contribution in [0.5, 0.6) is 11.5 Å². The number of carbonyl (C=O) groups excluding carboxylic acids is 2. The average Bonchev–Trinajstić information content (AvgIpc) is 2.87. The number of ether oxygens (including phenoxy) is 3. The molecular weight excluding hydrogens is 436 g/mol. The highest BCUT2D eigenvalue weighted by Crippen LogP contribution is 2.46. The Balaban J connectivity index is 1.77. The molecule has 0 spiro atoms. The zero-order valence-electron chi connectivity index (χ0n) is 18.5. The summed E-state index contributed by atoms with van der Waals surface area (Å²) in [6, 6.07) is 19.0. The minimum Gasteiger partial charge on any atom is -0.496 e. The lowest BCUT2D eigenvalue weighted by atomic mass is 9.84. The van der Waals surface area contributed by atoms with Crippen LogP contribution in [0.15, 0.2) is 75.9 Å². The summed E-state index contributed by atoms with van der Waals surface area (Å²) in [4.78, 5) is 37.5. The van der Waals surface area contributed by atoms with Crippen molar-refractivity contribution in [1.29, 1.82) is 0 Å². The van der Waals surface area contributed by atoms with Crippen molar-refractivity contribution in [3.8, 4) is 22.8 Å². The number of methoxy groups -OCH3 is 2. The highest BCUT2D eigenvalue weighted by molar-refractivity contribution is 5.93. The van der Waals surface area contributed by atoms with Gasteiger partial charge in [-0.3, -0.25) is 9.59 Å². The normalized spacial score (nSPS) is 14.9. The lowest BCUT2D eigenvalue weighted by Crippen LogP contribution is -2.22. The second-order valence-corrected chi connectivity index (χ2v) is 7.88. The Bertz CT molecular complexity index is 1470. The van der Waals surface area contributed by atoms with Crippen molar-refractivity contribution in [3.05, 3.63) is 93.6 Å². The van der Waals surface area contributed by atoms with Crippen LogP contribution in [0.2, 0.25) is 0 Å². The molecule has 0 N–H and O–H groups in total. The van der Waals surface area contributed by atoms with E-state index in [0.29, 0.717) is 22.5 Å². The van der Waals surface area contributed by atoms with Crippen LogP contribution in [0.1, 0.15) is 33.8 Å². The quantitative estimate of drug-likeness (QED) is 0.325. The third-order valence-electron chi connectivity index (χ3n) is 5.92. The zero-order valence-corrected chi connectivity index (χ0v) is 18.5. The van der Waals surface area contributed by atoms with E-state index in [9.17, 15) is 14.4 Å². The molecule has 1 aliphatic rings. The number of benzene rings is 3. The van der Waals surface area contributed by atoms with Crippen LogP contribution < -0.4 is 14.9 Å². The Morgan fingerprint density at radius 3 is 2.38 bits per heavy atom. The summed E-state index contributed by atoms with van der Waals surface area (Å²) in [6.45, 7) is 0. The first-order valence-electron chi connectivity index (χ1n) is 10.6. The third kappa shape index (κ3) is 3.61. The number of carbonyl (C=O) groups is 2. The van der Waals surface area contributed by atoms with Gasteiger partial charge in [-0.25, -0.2) is 4.79 Å². The van der Waals surface area contributed by atoms with Gasteiger partial charge in [0.15, 0.2) is 5.43 Å². The Hall–Kier alpha value is -4.39. The fourth-order valence-electron chi connectivity index (χ4n) is 4.30. The maximum Gasteiger partial charge on any atom is 0.337 e. The second kappa shape index (κ2) is 8.51. The molecule has 5 rings (SSSR count). The first-order valence-corrected chi connectivity index (χ1v) is 10.6. The van der Waals surface area contributed by atoms with Gasteiger partial charge in [-0.2, -0.15) is 0 Å². The minimum absolute atomic E-state index is 0.0469. The molecular formula is C27H20O7.